The number of esters is 1. The molecule has 0 saturated heterocycles. The molecule has 1 aromatic heterocycles. The number of hydrogen-bond acceptors (Lipinski definition) is 8. The molecule has 230 valence electrons. The minimum absolute atomic E-state index is 0.179. The number of aryl methyl sites for hydroxylation is 1. The second-order valence-corrected chi connectivity index (χ2v) is 10.6. The third kappa shape index (κ3) is 6.67. The Morgan fingerprint density at radius 1 is 1.09 bits per heavy atom. The quantitative estimate of drug-likeness (QED) is 0.105. The van der Waals surface area contributed by atoms with Crippen molar-refractivity contribution in [3.63, 3.8) is 0 Å². The molecule has 0 amide bonds. The van der Waals surface area contributed by atoms with E-state index in [1.165, 1.54) is 18.9 Å². The first-order chi connectivity index (χ1) is 21.1. The standard InChI is InChI=1S/C35H39N3O6/c1-9-13-25-17-24(18-31(41-7)32(25)44-23(6)35(40)42-8)20-36-38-33(37-29-15-12-11-14-26(29)34(38)39)28-19-27(21(3)4)30(43-10-2)16-22(28)5/h9,11-12,14-21,23H,1,10,13H2,2-8H3/t23-/m1/s1. The summed E-state index contributed by atoms with van der Waals surface area (Å²) < 4.78 is 23.6. The maximum Gasteiger partial charge on any atom is 0.346 e. The van der Waals surface area contributed by atoms with Gasteiger partial charge in [0.05, 0.1) is 37.9 Å². The summed E-state index contributed by atoms with van der Waals surface area (Å²) >= 11 is 0. The maximum absolute atomic E-state index is 13.9. The van der Waals surface area contributed by atoms with E-state index in [9.17, 15) is 9.59 Å². The zero-order valence-electron chi connectivity index (χ0n) is 26.3. The third-order valence-corrected chi connectivity index (χ3v) is 7.16. The molecule has 3 aromatic carbocycles. The van der Waals surface area contributed by atoms with E-state index in [1.54, 1.807) is 37.4 Å². The number of nitrogens with zero attached hydrogens (tertiary/aromatic N) is 3. The van der Waals surface area contributed by atoms with Gasteiger partial charge in [0.25, 0.3) is 5.56 Å². The molecule has 0 spiro atoms. The zero-order valence-corrected chi connectivity index (χ0v) is 26.3. The number of methoxy groups -OCH3 is 2. The van der Waals surface area contributed by atoms with Crippen LogP contribution in [0.3, 0.4) is 0 Å². The van der Waals surface area contributed by atoms with Crippen LogP contribution in [0.15, 0.2) is 71.1 Å². The highest BCUT2D eigenvalue weighted by molar-refractivity contribution is 5.84. The van der Waals surface area contributed by atoms with E-state index in [0.29, 0.717) is 46.8 Å². The molecule has 0 aliphatic rings. The molecule has 9 nitrogen and oxygen atoms in total. The number of para-hydroxylation sites is 1. The van der Waals surface area contributed by atoms with Crippen LogP contribution in [0.5, 0.6) is 17.2 Å². The van der Waals surface area contributed by atoms with Gasteiger partial charge in [-0.15, -0.1) is 6.58 Å². The van der Waals surface area contributed by atoms with Gasteiger partial charge in [0, 0.05) is 11.1 Å². The summed E-state index contributed by atoms with van der Waals surface area (Å²) in [5.41, 5.74) is 4.35. The summed E-state index contributed by atoms with van der Waals surface area (Å²) in [6, 6.07) is 14.8. The van der Waals surface area contributed by atoms with Crippen molar-refractivity contribution >= 4 is 23.1 Å². The second kappa shape index (κ2) is 14.0. The molecule has 0 radical (unpaired) electrons. The minimum atomic E-state index is -0.852. The highest BCUT2D eigenvalue weighted by Crippen LogP contribution is 2.36. The lowest BCUT2D eigenvalue weighted by Gasteiger charge is -2.19. The minimum Gasteiger partial charge on any atom is -0.494 e. The van der Waals surface area contributed by atoms with E-state index < -0.39 is 12.1 Å². The predicted molar refractivity (Wildman–Crippen MR) is 173 cm³/mol. The molecule has 0 saturated carbocycles. The third-order valence-electron chi connectivity index (χ3n) is 7.16. The Bertz CT molecular complexity index is 1770. The van der Waals surface area contributed by atoms with Crippen LogP contribution in [-0.2, 0) is 16.0 Å². The number of allylic oxidation sites excluding steroid dienone is 1. The van der Waals surface area contributed by atoms with Crippen molar-refractivity contribution in [2.45, 2.75) is 53.1 Å². The van der Waals surface area contributed by atoms with Crippen LogP contribution < -0.4 is 19.8 Å². The van der Waals surface area contributed by atoms with Crippen molar-refractivity contribution in [3.8, 4) is 28.6 Å². The summed E-state index contributed by atoms with van der Waals surface area (Å²) in [5, 5.41) is 5.13. The lowest BCUT2D eigenvalue weighted by Crippen LogP contribution is -2.25. The summed E-state index contributed by atoms with van der Waals surface area (Å²) in [5.74, 6) is 1.69. The number of rotatable bonds is 12. The van der Waals surface area contributed by atoms with E-state index >= 15 is 0 Å². The van der Waals surface area contributed by atoms with Gasteiger partial charge in [-0.25, -0.2) is 9.78 Å². The first-order valence-electron chi connectivity index (χ1n) is 14.5. The Morgan fingerprint density at radius 3 is 2.50 bits per heavy atom. The van der Waals surface area contributed by atoms with Gasteiger partial charge >= 0.3 is 5.97 Å². The van der Waals surface area contributed by atoms with Gasteiger partial charge in [-0.1, -0.05) is 32.1 Å². The van der Waals surface area contributed by atoms with Crippen LogP contribution >= 0.6 is 0 Å². The molecule has 0 aliphatic heterocycles. The highest BCUT2D eigenvalue weighted by atomic mass is 16.6. The molecular formula is C35H39N3O6. The molecule has 0 bridgehead atoms. The number of benzene rings is 3. The maximum atomic E-state index is 13.9. The molecule has 9 heteroatoms. The molecule has 44 heavy (non-hydrogen) atoms. The van der Waals surface area contributed by atoms with Gasteiger partial charge in [-0.05, 0) is 86.2 Å². The molecule has 1 atom stereocenters. The second-order valence-electron chi connectivity index (χ2n) is 10.6. The molecule has 0 aliphatic carbocycles. The molecule has 4 aromatic rings. The Morgan fingerprint density at radius 2 is 1.84 bits per heavy atom. The normalized spacial score (nSPS) is 12.0. The topological polar surface area (TPSA) is 101 Å². The van der Waals surface area contributed by atoms with Crippen LogP contribution in [0, 0.1) is 6.92 Å². The Kier molecular flexibility index (Phi) is 10.2. The van der Waals surface area contributed by atoms with E-state index in [0.717, 1.165) is 28.0 Å². The Labute approximate surface area is 257 Å². The SMILES string of the molecule is C=CCc1cc(C=Nn2c(-c3cc(C(C)C)c(OCC)cc3C)nc3ccccc3c2=O)cc(OC)c1O[C@H](C)C(=O)OC. The average molecular weight is 598 g/mol. The first-order valence-corrected chi connectivity index (χ1v) is 14.5. The number of aromatic nitrogens is 2. The average Bonchev–Trinajstić information content (AvgIpc) is 3.01. The number of carbonyl (C=O) groups is 1. The van der Waals surface area contributed by atoms with E-state index in [2.05, 4.69) is 25.5 Å². The first kappa shape index (κ1) is 32.0. The Hall–Kier alpha value is -4.92. The van der Waals surface area contributed by atoms with E-state index in [4.69, 9.17) is 23.9 Å². The van der Waals surface area contributed by atoms with Crippen LogP contribution in [0.25, 0.3) is 22.3 Å². The fourth-order valence-electron chi connectivity index (χ4n) is 4.94. The van der Waals surface area contributed by atoms with Crippen LogP contribution in [0.4, 0.5) is 0 Å². The van der Waals surface area contributed by atoms with E-state index in [1.807, 2.05) is 44.2 Å². The number of carbonyl (C=O) groups excluding carboxylic acids is 1. The summed E-state index contributed by atoms with van der Waals surface area (Å²) in [6.07, 6.45) is 2.89. The van der Waals surface area contributed by atoms with Gasteiger partial charge in [0.1, 0.15) is 5.75 Å². The summed E-state index contributed by atoms with van der Waals surface area (Å²) in [7, 11) is 2.82. The molecular weight excluding hydrogens is 558 g/mol. The van der Waals surface area contributed by atoms with Crippen molar-refractivity contribution in [1.82, 2.24) is 9.66 Å². The largest absolute Gasteiger partial charge is 0.494 e. The Balaban J connectivity index is 1.91. The smallest absolute Gasteiger partial charge is 0.346 e. The molecule has 4 rings (SSSR count). The van der Waals surface area contributed by atoms with Crippen molar-refractivity contribution in [1.29, 1.82) is 0 Å². The van der Waals surface area contributed by atoms with Crippen molar-refractivity contribution < 1.29 is 23.7 Å². The van der Waals surface area contributed by atoms with Gasteiger partial charge in [0.15, 0.2) is 23.4 Å². The summed E-state index contributed by atoms with van der Waals surface area (Å²) in [6.45, 7) is 14.1. The van der Waals surface area contributed by atoms with E-state index in [-0.39, 0.29) is 11.5 Å². The molecule has 0 N–H and O–H groups in total. The lowest BCUT2D eigenvalue weighted by atomic mass is 9.96. The van der Waals surface area contributed by atoms with Gasteiger partial charge in [-0.3, -0.25) is 4.79 Å². The van der Waals surface area contributed by atoms with Gasteiger partial charge in [-0.2, -0.15) is 9.78 Å². The van der Waals surface area contributed by atoms with Gasteiger partial charge in [0.2, 0.25) is 0 Å². The van der Waals surface area contributed by atoms with Crippen LogP contribution in [-0.4, -0.2) is 48.8 Å². The van der Waals surface area contributed by atoms with Crippen molar-refractivity contribution in [2.75, 3.05) is 20.8 Å². The predicted octanol–water partition coefficient (Wildman–Crippen LogP) is 6.45. The fraction of sp³-hybridized carbons (Fsp3) is 0.314. The molecule has 1 heterocycles. The number of hydrogen-bond donors (Lipinski definition) is 0. The van der Waals surface area contributed by atoms with Crippen LogP contribution in [0.1, 0.15) is 55.9 Å². The fourth-order valence-corrected chi connectivity index (χ4v) is 4.94. The zero-order chi connectivity index (χ0) is 32.0. The monoisotopic (exact) mass is 597 g/mol. The summed E-state index contributed by atoms with van der Waals surface area (Å²) in [4.78, 5) is 30.8. The van der Waals surface area contributed by atoms with Crippen LogP contribution in [0.2, 0.25) is 0 Å². The number of fused-ring (bicyclic) bond motifs is 1. The highest BCUT2D eigenvalue weighted by Gasteiger charge is 2.21. The van der Waals surface area contributed by atoms with Gasteiger partial charge < -0.3 is 18.9 Å². The number of ether oxygens (including phenoxy) is 4. The lowest BCUT2D eigenvalue weighted by molar-refractivity contribution is -0.147. The molecule has 0 unspecified atom stereocenters. The van der Waals surface area contributed by atoms with Crippen molar-refractivity contribution in [2.24, 2.45) is 5.10 Å². The molecule has 0 fully saturated rings. The van der Waals surface area contributed by atoms with Crippen molar-refractivity contribution in [3.05, 3.63) is 93.8 Å².